The molecule has 6 heteroatoms. The maximum absolute atomic E-state index is 6.46. The second-order valence-corrected chi connectivity index (χ2v) is 14.1. The normalized spacial score (nSPS) is 13.9. The van der Waals surface area contributed by atoms with Crippen molar-refractivity contribution in [2.24, 2.45) is 0 Å². The van der Waals surface area contributed by atoms with E-state index >= 15 is 0 Å². The minimum atomic E-state index is -1.81. The number of benzene rings is 1. The molecule has 138 valence electrons. The molecule has 0 fully saturated rings. The van der Waals surface area contributed by atoms with E-state index in [9.17, 15) is 0 Å². The summed E-state index contributed by atoms with van der Waals surface area (Å²) in [4.78, 5) is 3.25. The highest BCUT2D eigenvalue weighted by Gasteiger charge is 2.37. The van der Waals surface area contributed by atoms with Gasteiger partial charge < -0.3 is 14.7 Å². The summed E-state index contributed by atoms with van der Waals surface area (Å²) in [6, 6.07) is 10.2. The van der Waals surface area contributed by atoms with E-state index in [-0.39, 0.29) is 11.1 Å². The Morgan fingerprint density at radius 3 is 2.56 bits per heavy atom. The number of nitrogens with one attached hydrogen (secondary N) is 2. The van der Waals surface area contributed by atoms with E-state index in [0.29, 0.717) is 6.61 Å². The zero-order valence-corrected chi connectivity index (χ0v) is 19.0. The first-order chi connectivity index (χ1) is 11.6. The van der Waals surface area contributed by atoms with Crippen LogP contribution in [-0.2, 0) is 11.0 Å². The number of aromatic amines is 1. The van der Waals surface area contributed by atoms with Crippen molar-refractivity contribution in [3.8, 4) is 0 Å². The first-order valence-electron chi connectivity index (χ1n) is 8.54. The van der Waals surface area contributed by atoms with Gasteiger partial charge in [-0.25, -0.2) is 0 Å². The molecule has 2 N–H and O–H groups in total. The van der Waals surface area contributed by atoms with Crippen molar-refractivity contribution < 1.29 is 4.43 Å². The fraction of sp³-hybridized carbons (Fsp3) is 0.474. The van der Waals surface area contributed by atoms with Crippen LogP contribution in [0.3, 0.4) is 0 Å². The van der Waals surface area contributed by atoms with E-state index < -0.39 is 8.32 Å². The summed E-state index contributed by atoms with van der Waals surface area (Å²) in [5, 5.41) is 4.54. The van der Waals surface area contributed by atoms with Gasteiger partial charge in [-0.1, -0.05) is 44.5 Å². The van der Waals surface area contributed by atoms with Gasteiger partial charge in [0.25, 0.3) is 0 Å². The molecule has 0 aliphatic carbocycles. The summed E-state index contributed by atoms with van der Waals surface area (Å²) in [6.45, 7) is 12.7. The summed E-state index contributed by atoms with van der Waals surface area (Å²) >= 11 is 9.68. The second-order valence-electron chi connectivity index (χ2n) is 7.90. The van der Waals surface area contributed by atoms with Crippen molar-refractivity contribution in [1.82, 2.24) is 10.3 Å². The van der Waals surface area contributed by atoms with Crippen molar-refractivity contribution >= 4 is 35.8 Å². The zero-order valence-electron chi connectivity index (χ0n) is 15.6. The quantitative estimate of drug-likeness (QED) is 0.494. The van der Waals surface area contributed by atoms with Crippen LogP contribution in [0.15, 0.2) is 41.0 Å². The molecule has 0 saturated heterocycles. The Morgan fingerprint density at radius 1 is 1.28 bits per heavy atom. The lowest BCUT2D eigenvalue weighted by molar-refractivity contribution is 0.243. The molecule has 0 bridgehead atoms. The number of H-pyrrole nitrogens is 1. The first-order valence-corrected chi connectivity index (χ1v) is 12.6. The van der Waals surface area contributed by atoms with Gasteiger partial charge in [0.1, 0.15) is 0 Å². The molecule has 2 aromatic rings. The average Bonchev–Trinajstić information content (AvgIpc) is 2.91. The second kappa shape index (κ2) is 8.40. The predicted molar refractivity (Wildman–Crippen MR) is 113 cm³/mol. The van der Waals surface area contributed by atoms with Crippen LogP contribution in [0.4, 0.5) is 0 Å². The number of aromatic nitrogens is 1. The van der Waals surface area contributed by atoms with E-state index in [1.807, 2.05) is 24.4 Å². The summed E-state index contributed by atoms with van der Waals surface area (Å²) < 4.78 is 7.51. The molecular weight excluding hydrogens is 416 g/mol. The van der Waals surface area contributed by atoms with Gasteiger partial charge in [-0.2, -0.15) is 0 Å². The third kappa shape index (κ3) is 5.96. The van der Waals surface area contributed by atoms with Gasteiger partial charge in [-0.3, -0.25) is 0 Å². The molecule has 0 amide bonds. The molecule has 25 heavy (non-hydrogen) atoms. The number of hydrogen-bond donors (Lipinski definition) is 2. The summed E-state index contributed by atoms with van der Waals surface area (Å²) in [6.07, 6.45) is 1.94. The monoisotopic (exact) mass is 442 g/mol. The Bertz CT molecular complexity index is 697. The van der Waals surface area contributed by atoms with Crippen LogP contribution in [-0.4, -0.2) is 19.9 Å². The maximum atomic E-state index is 6.46. The molecule has 1 aromatic carbocycles. The highest BCUT2D eigenvalue weighted by molar-refractivity contribution is 9.10. The van der Waals surface area contributed by atoms with E-state index in [0.717, 1.165) is 27.3 Å². The van der Waals surface area contributed by atoms with Crippen LogP contribution in [0.5, 0.6) is 0 Å². The Labute approximate surface area is 165 Å². The van der Waals surface area contributed by atoms with Crippen LogP contribution in [0, 0.1) is 0 Å². The molecule has 0 saturated carbocycles. The average molecular weight is 444 g/mol. The lowest BCUT2D eigenvalue weighted by Gasteiger charge is -2.37. The molecule has 1 atom stereocenters. The van der Waals surface area contributed by atoms with Crippen LogP contribution in [0.1, 0.15) is 38.1 Å². The van der Waals surface area contributed by atoms with Crippen LogP contribution in [0.2, 0.25) is 23.2 Å². The summed E-state index contributed by atoms with van der Waals surface area (Å²) in [5.41, 5.74) is 2.28. The molecule has 3 nitrogen and oxygen atoms in total. The zero-order chi connectivity index (χ0) is 18.7. The van der Waals surface area contributed by atoms with E-state index in [2.05, 4.69) is 72.2 Å². The minimum Gasteiger partial charge on any atom is -0.415 e. The molecule has 0 radical (unpaired) electrons. The predicted octanol–water partition coefficient (Wildman–Crippen LogP) is 6.28. The van der Waals surface area contributed by atoms with Crippen molar-refractivity contribution in [2.45, 2.75) is 51.5 Å². The highest BCUT2D eigenvalue weighted by Crippen LogP contribution is 2.37. The number of rotatable bonds is 7. The Balaban J connectivity index is 2.11. The largest absolute Gasteiger partial charge is 0.415 e. The third-order valence-electron chi connectivity index (χ3n) is 4.91. The van der Waals surface area contributed by atoms with Gasteiger partial charge in [-0.05, 0) is 57.8 Å². The fourth-order valence-electron chi connectivity index (χ4n) is 2.25. The van der Waals surface area contributed by atoms with Gasteiger partial charge in [0, 0.05) is 27.9 Å². The summed E-state index contributed by atoms with van der Waals surface area (Å²) in [5.74, 6) is 0. The van der Waals surface area contributed by atoms with Gasteiger partial charge in [-0.15, -0.1) is 0 Å². The molecular formula is C19H28BrClN2OSi. The van der Waals surface area contributed by atoms with Crippen molar-refractivity contribution in [2.75, 3.05) is 6.61 Å². The molecule has 0 unspecified atom stereocenters. The standard InChI is InChI=1S/C19H28BrClN2OSi/c1-19(2,3)25(4,5)24-13-18(14-7-6-8-16(21)9-14)23-12-17-10-15(20)11-22-17/h6-11,18,22-23H,12-13H2,1-5H3/t18-/m1/s1. The smallest absolute Gasteiger partial charge is 0.192 e. The molecule has 0 aliphatic rings. The van der Waals surface area contributed by atoms with Crippen molar-refractivity contribution in [1.29, 1.82) is 0 Å². The Hall–Kier alpha value is -0.593. The van der Waals surface area contributed by atoms with Gasteiger partial charge in [0.2, 0.25) is 0 Å². The van der Waals surface area contributed by atoms with Crippen LogP contribution in [0.25, 0.3) is 0 Å². The first kappa shape index (κ1) is 20.7. The lowest BCUT2D eigenvalue weighted by Crippen LogP contribution is -2.43. The highest BCUT2D eigenvalue weighted by atomic mass is 79.9. The molecule has 1 aromatic heterocycles. The van der Waals surface area contributed by atoms with E-state index in [1.165, 1.54) is 0 Å². The van der Waals surface area contributed by atoms with Gasteiger partial charge in [0.15, 0.2) is 8.32 Å². The van der Waals surface area contributed by atoms with Gasteiger partial charge >= 0.3 is 0 Å². The van der Waals surface area contributed by atoms with Crippen molar-refractivity contribution in [3.63, 3.8) is 0 Å². The number of halogens is 2. The third-order valence-corrected chi connectivity index (χ3v) is 10.1. The molecule has 1 heterocycles. The van der Waals surface area contributed by atoms with Crippen LogP contribution >= 0.6 is 27.5 Å². The maximum Gasteiger partial charge on any atom is 0.192 e. The number of hydrogen-bond acceptors (Lipinski definition) is 2. The molecule has 0 spiro atoms. The van der Waals surface area contributed by atoms with Gasteiger partial charge in [0.05, 0.1) is 12.6 Å². The SMILES string of the molecule is CC(C)(C)[Si](C)(C)OC[C@@H](NCc1cc(Br)c[nH]1)c1cccc(Cl)c1. The molecule has 2 rings (SSSR count). The topological polar surface area (TPSA) is 37.0 Å². The van der Waals surface area contributed by atoms with E-state index in [4.69, 9.17) is 16.0 Å². The van der Waals surface area contributed by atoms with Crippen LogP contribution < -0.4 is 5.32 Å². The van der Waals surface area contributed by atoms with Crippen molar-refractivity contribution in [3.05, 3.63) is 57.3 Å². The summed E-state index contributed by atoms with van der Waals surface area (Å²) in [7, 11) is -1.81. The van der Waals surface area contributed by atoms with E-state index in [1.54, 1.807) is 0 Å². The fourth-order valence-corrected chi connectivity index (χ4v) is 3.86. The molecule has 0 aliphatic heterocycles. The Morgan fingerprint density at radius 2 is 2.00 bits per heavy atom. The lowest BCUT2D eigenvalue weighted by atomic mass is 10.1. The Kier molecular flexibility index (Phi) is 6.96. The minimum absolute atomic E-state index is 0.0925.